The van der Waals surface area contributed by atoms with Gasteiger partial charge < -0.3 is 15.3 Å². The zero-order valence-corrected chi connectivity index (χ0v) is 9.74. The quantitative estimate of drug-likeness (QED) is 0.316. The Hall–Kier alpha value is -1.53. The maximum absolute atomic E-state index is 9.47. The summed E-state index contributed by atoms with van der Waals surface area (Å²) >= 11 is 0. The topological polar surface area (TPSA) is 129 Å². The van der Waals surface area contributed by atoms with Crippen LogP contribution >= 0.6 is 0 Å². The molecule has 0 saturated carbocycles. The number of rotatable bonds is 1. The average molecular weight is 219 g/mol. The van der Waals surface area contributed by atoms with E-state index in [1.807, 2.05) is 0 Å². The van der Waals surface area contributed by atoms with Crippen molar-refractivity contribution in [1.29, 1.82) is 0 Å². The Labute approximate surface area is 90.5 Å². The number of carbonyl (C=O) groups excluding carboxylic acids is 3. The van der Waals surface area contributed by atoms with Crippen LogP contribution in [0.5, 0.6) is 0 Å². The van der Waals surface area contributed by atoms with Crippen molar-refractivity contribution in [2.45, 2.75) is 27.7 Å². The lowest BCUT2D eigenvalue weighted by atomic mass is 10.6. The van der Waals surface area contributed by atoms with Gasteiger partial charge in [-0.25, -0.2) is 0 Å². The minimum Gasteiger partial charge on any atom is -0.366 e. The van der Waals surface area contributed by atoms with Crippen LogP contribution in [0.2, 0.25) is 0 Å². The molecule has 0 aromatic carbocycles. The van der Waals surface area contributed by atoms with Gasteiger partial charge >= 0.3 is 0 Å². The minimum atomic E-state index is -0.481. The van der Waals surface area contributed by atoms with E-state index in [9.17, 15) is 14.4 Å². The molecule has 0 bridgehead atoms. The molecule has 15 heavy (non-hydrogen) atoms. The first-order chi connectivity index (χ1) is 6.73. The third-order valence-electron chi connectivity index (χ3n) is 0.201. The van der Waals surface area contributed by atoms with E-state index in [1.54, 1.807) is 0 Å². The minimum absolute atomic E-state index is 0.167. The van der Waals surface area contributed by atoms with Crippen LogP contribution in [0.1, 0.15) is 27.7 Å². The van der Waals surface area contributed by atoms with Gasteiger partial charge in [0.2, 0.25) is 5.91 Å². The largest absolute Gasteiger partial charge is 0.366 e. The van der Waals surface area contributed by atoms with Crippen molar-refractivity contribution < 1.29 is 14.4 Å². The summed E-state index contributed by atoms with van der Waals surface area (Å²) in [7, 11) is 0. The molecule has 0 radical (unpaired) electrons. The standard InChI is InChI=1S/C3H5NO.2C3H6O.H4N2/c1-2-3(4)5;2*1-3(2)4;1-2/h2H,1H2,(H2,4,5);2*1-2H3;1-2H2. The number of hydrogen-bond acceptors (Lipinski definition) is 5. The van der Waals surface area contributed by atoms with E-state index in [1.165, 1.54) is 27.7 Å². The van der Waals surface area contributed by atoms with Crippen LogP contribution in [0.15, 0.2) is 12.7 Å². The molecule has 0 aromatic rings. The van der Waals surface area contributed by atoms with Gasteiger partial charge in [0.05, 0.1) is 0 Å². The molecule has 0 heterocycles. The average Bonchev–Trinajstić information content (AvgIpc) is 2.06. The van der Waals surface area contributed by atoms with Gasteiger partial charge in [0.25, 0.3) is 0 Å². The SMILES string of the molecule is C=CC(N)=O.CC(C)=O.CC(C)=O.NN. The number of Topliss-reactive ketones (excluding diaryl/α,β-unsaturated/α-hetero) is 2. The van der Waals surface area contributed by atoms with Crippen LogP contribution in [0.4, 0.5) is 0 Å². The third-order valence-corrected chi connectivity index (χ3v) is 0.201. The van der Waals surface area contributed by atoms with Crippen molar-refractivity contribution >= 4 is 17.5 Å². The Kier molecular flexibility index (Phi) is 35.6. The van der Waals surface area contributed by atoms with Gasteiger partial charge in [-0.05, 0) is 33.8 Å². The molecule has 6 N–H and O–H groups in total. The smallest absolute Gasteiger partial charge is 0.240 e. The van der Waals surface area contributed by atoms with Gasteiger partial charge in [-0.2, -0.15) is 0 Å². The Morgan fingerprint density at radius 3 is 1.00 bits per heavy atom. The number of ketones is 2. The lowest BCUT2D eigenvalue weighted by molar-refractivity contribution is -0.115. The van der Waals surface area contributed by atoms with Crippen molar-refractivity contribution in [3.63, 3.8) is 0 Å². The molecule has 0 fully saturated rings. The number of amides is 1. The van der Waals surface area contributed by atoms with Crippen LogP contribution in [0.3, 0.4) is 0 Å². The van der Waals surface area contributed by atoms with Crippen LogP contribution in [0.25, 0.3) is 0 Å². The molecule has 6 heteroatoms. The molecule has 0 aliphatic carbocycles. The molecule has 0 aromatic heterocycles. The molecule has 0 rings (SSSR count). The van der Waals surface area contributed by atoms with Gasteiger partial charge in [0.1, 0.15) is 11.6 Å². The fraction of sp³-hybridized carbons (Fsp3) is 0.444. The van der Waals surface area contributed by atoms with E-state index >= 15 is 0 Å². The van der Waals surface area contributed by atoms with Crippen LogP contribution in [-0.4, -0.2) is 17.5 Å². The van der Waals surface area contributed by atoms with Crippen LogP contribution in [-0.2, 0) is 14.4 Å². The van der Waals surface area contributed by atoms with Crippen molar-refractivity contribution in [3.8, 4) is 0 Å². The summed E-state index contributed by atoms with van der Waals surface area (Å²) in [4.78, 5) is 28.4. The van der Waals surface area contributed by atoms with E-state index in [0.717, 1.165) is 6.08 Å². The maximum atomic E-state index is 9.47. The Morgan fingerprint density at radius 2 is 1.00 bits per heavy atom. The Bertz CT molecular complexity index is 171. The van der Waals surface area contributed by atoms with E-state index in [-0.39, 0.29) is 11.6 Å². The van der Waals surface area contributed by atoms with Crippen molar-refractivity contribution in [3.05, 3.63) is 12.7 Å². The molecule has 6 nitrogen and oxygen atoms in total. The Morgan fingerprint density at radius 1 is 0.933 bits per heavy atom. The normalized spacial score (nSPS) is 6.00. The fourth-order valence-electron chi connectivity index (χ4n) is 0. The molecular weight excluding hydrogens is 198 g/mol. The first-order valence-corrected chi connectivity index (χ1v) is 3.93. The summed E-state index contributed by atoms with van der Waals surface area (Å²) in [5, 5.41) is 0. The number of hydrogen-bond donors (Lipinski definition) is 3. The summed E-state index contributed by atoms with van der Waals surface area (Å²) in [6, 6.07) is 0. The molecule has 0 unspecified atom stereocenters. The Balaban J connectivity index is -0.0000000562. The van der Waals surface area contributed by atoms with Crippen molar-refractivity contribution in [2.24, 2.45) is 17.4 Å². The molecule has 0 spiro atoms. The summed E-state index contributed by atoms with van der Waals surface area (Å²) in [6.07, 6.45) is 1.06. The molecule has 90 valence electrons. The van der Waals surface area contributed by atoms with Crippen LogP contribution in [0, 0.1) is 0 Å². The maximum Gasteiger partial charge on any atom is 0.240 e. The summed E-state index contributed by atoms with van der Waals surface area (Å²) in [5.41, 5.74) is 4.53. The summed E-state index contributed by atoms with van der Waals surface area (Å²) < 4.78 is 0. The molecule has 0 aliphatic heterocycles. The summed E-state index contributed by atoms with van der Waals surface area (Å²) in [5.74, 6) is 7.85. The first-order valence-electron chi connectivity index (χ1n) is 3.93. The third kappa shape index (κ3) is 6190. The van der Waals surface area contributed by atoms with E-state index in [2.05, 4.69) is 24.0 Å². The summed E-state index contributed by atoms with van der Waals surface area (Å²) in [6.45, 7) is 9.20. The van der Waals surface area contributed by atoms with Gasteiger partial charge in [-0.1, -0.05) is 6.58 Å². The number of carbonyl (C=O) groups is 3. The highest BCUT2D eigenvalue weighted by Gasteiger charge is 1.69. The van der Waals surface area contributed by atoms with Gasteiger partial charge in [0.15, 0.2) is 0 Å². The zero-order valence-electron chi connectivity index (χ0n) is 9.74. The monoisotopic (exact) mass is 219 g/mol. The molecule has 0 atom stereocenters. The van der Waals surface area contributed by atoms with E-state index in [4.69, 9.17) is 0 Å². The highest BCUT2D eigenvalue weighted by atomic mass is 16.1. The lowest BCUT2D eigenvalue weighted by Crippen LogP contribution is -2.04. The lowest BCUT2D eigenvalue weighted by Gasteiger charge is -1.65. The zero-order chi connectivity index (χ0) is 13.4. The fourth-order valence-corrected chi connectivity index (χ4v) is 0. The second kappa shape index (κ2) is 22.9. The first kappa shape index (κ1) is 23.4. The number of hydrazine groups is 1. The molecule has 0 saturated heterocycles. The number of primary amides is 1. The molecular formula is C9H21N3O3. The van der Waals surface area contributed by atoms with Gasteiger partial charge in [0, 0.05) is 0 Å². The van der Waals surface area contributed by atoms with Crippen molar-refractivity contribution in [1.82, 2.24) is 0 Å². The second-order valence-corrected chi connectivity index (χ2v) is 2.42. The van der Waals surface area contributed by atoms with Crippen molar-refractivity contribution in [2.75, 3.05) is 0 Å². The highest BCUT2D eigenvalue weighted by molar-refractivity contribution is 5.84. The van der Waals surface area contributed by atoms with Crippen LogP contribution < -0.4 is 17.4 Å². The second-order valence-electron chi connectivity index (χ2n) is 2.42. The predicted octanol–water partition coefficient (Wildman–Crippen LogP) is -0.333. The molecule has 1 amide bonds. The molecule has 0 aliphatic rings. The van der Waals surface area contributed by atoms with E-state index < -0.39 is 5.91 Å². The van der Waals surface area contributed by atoms with Gasteiger partial charge in [-0.3, -0.25) is 16.5 Å². The van der Waals surface area contributed by atoms with Gasteiger partial charge in [-0.15, -0.1) is 0 Å². The predicted molar refractivity (Wildman–Crippen MR) is 60.5 cm³/mol. The number of nitrogens with two attached hydrogens (primary N) is 3. The highest BCUT2D eigenvalue weighted by Crippen LogP contribution is 1.51. The van der Waals surface area contributed by atoms with E-state index in [0.29, 0.717) is 0 Å².